The van der Waals surface area contributed by atoms with Crippen molar-refractivity contribution in [1.29, 1.82) is 0 Å². The molecule has 0 amide bonds. The van der Waals surface area contributed by atoms with Crippen LogP contribution in [0.25, 0.3) is 0 Å². The van der Waals surface area contributed by atoms with Crippen molar-refractivity contribution >= 4 is 0 Å². The highest BCUT2D eigenvalue weighted by atomic mass is 16.5. The number of ether oxygens (including phenoxy) is 1. The van der Waals surface area contributed by atoms with E-state index in [9.17, 15) is 0 Å². The van der Waals surface area contributed by atoms with Gasteiger partial charge in [0, 0.05) is 24.8 Å². The van der Waals surface area contributed by atoms with Crippen molar-refractivity contribution < 1.29 is 4.74 Å². The molecule has 1 aliphatic rings. The highest BCUT2D eigenvalue weighted by Gasteiger charge is 2.18. The third kappa shape index (κ3) is 3.24. The Morgan fingerprint density at radius 2 is 2.06 bits per heavy atom. The Kier molecular flexibility index (Phi) is 3.69. The highest BCUT2D eigenvalue weighted by Crippen LogP contribution is 2.19. The molecule has 2 N–H and O–H groups in total. The monoisotopic (exact) mass is 232 g/mol. The van der Waals surface area contributed by atoms with Crippen molar-refractivity contribution in [2.75, 3.05) is 13.1 Å². The lowest BCUT2D eigenvalue weighted by atomic mass is 10.1. The Balaban J connectivity index is 1.94. The van der Waals surface area contributed by atoms with E-state index in [0.29, 0.717) is 6.10 Å². The third-order valence-electron chi connectivity index (χ3n) is 2.89. The standard InChI is InChI=1S/C14H20N2O/c1-10(2)16-11(3)12-4-6-13(7-5-12)17-14-8-15-9-14/h4-7,11,14-16H,1,8-9H2,2-3H3. The van der Waals surface area contributed by atoms with E-state index >= 15 is 0 Å². The summed E-state index contributed by atoms with van der Waals surface area (Å²) < 4.78 is 5.77. The van der Waals surface area contributed by atoms with E-state index in [4.69, 9.17) is 4.74 Å². The quantitative estimate of drug-likeness (QED) is 0.816. The Morgan fingerprint density at radius 3 is 2.53 bits per heavy atom. The highest BCUT2D eigenvalue weighted by molar-refractivity contribution is 5.29. The summed E-state index contributed by atoms with van der Waals surface area (Å²) in [5.74, 6) is 0.947. The number of benzene rings is 1. The largest absolute Gasteiger partial charge is 0.488 e. The third-order valence-corrected chi connectivity index (χ3v) is 2.89. The van der Waals surface area contributed by atoms with Gasteiger partial charge in [0.15, 0.2) is 0 Å². The molecule has 3 heteroatoms. The predicted molar refractivity (Wildman–Crippen MR) is 70.1 cm³/mol. The van der Waals surface area contributed by atoms with Crippen molar-refractivity contribution in [2.24, 2.45) is 0 Å². The van der Waals surface area contributed by atoms with E-state index in [2.05, 4.69) is 36.3 Å². The zero-order valence-electron chi connectivity index (χ0n) is 10.5. The summed E-state index contributed by atoms with van der Waals surface area (Å²) >= 11 is 0. The molecule has 0 radical (unpaired) electrons. The summed E-state index contributed by atoms with van der Waals surface area (Å²) in [6.45, 7) is 9.86. The van der Waals surface area contributed by atoms with Gasteiger partial charge in [-0.2, -0.15) is 0 Å². The molecule has 0 spiro atoms. The Labute approximate surface area is 103 Å². The zero-order valence-corrected chi connectivity index (χ0v) is 10.5. The molecule has 0 saturated carbocycles. The second kappa shape index (κ2) is 5.23. The van der Waals surface area contributed by atoms with E-state index in [1.807, 2.05) is 19.1 Å². The van der Waals surface area contributed by atoms with Crippen molar-refractivity contribution in [1.82, 2.24) is 10.6 Å². The second-order valence-corrected chi connectivity index (χ2v) is 4.61. The number of nitrogens with one attached hydrogen (secondary N) is 2. The Hall–Kier alpha value is -1.48. The average molecular weight is 232 g/mol. The average Bonchev–Trinajstić information content (AvgIpc) is 2.23. The van der Waals surface area contributed by atoms with Gasteiger partial charge in [-0.3, -0.25) is 0 Å². The topological polar surface area (TPSA) is 33.3 Å². The molecule has 1 heterocycles. The summed E-state index contributed by atoms with van der Waals surface area (Å²) in [7, 11) is 0. The summed E-state index contributed by atoms with van der Waals surface area (Å²) in [5, 5.41) is 6.48. The lowest BCUT2D eigenvalue weighted by Gasteiger charge is -2.28. The van der Waals surface area contributed by atoms with Crippen LogP contribution < -0.4 is 15.4 Å². The van der Waals surface area contributed by atoms with Crippen LogP contribution in [0.5, 0.6) is 5.75 Å². The van der Waals surface area contributed by atoms with E-state index in [0.717, 1.165) is 24.5 Å². The first-order chi connectivity index (χ1) is 8.15. The van der Waals surface area contributed by atoms with Crippen LogP contribution in [0.15, 0.2) is 36.5 Å². The van der Waals surface area contributed by atoms with Crippen LogP contribution in [0.3, 0.4) is 0 Å². The normalized spacial score (nSPS) is 17.1. The minimum Gasteiger partial charge on any atom is -0.488 e. The molecule has 2 rings (SSSR count). The lowest BCUT2D eigenvalue weighted by Crippen LogP contribution is -2.50. The summed E-state index contributed by atoms with van der Waals surface area (Å²) in [4.78, 5) is 0. The molecule has 0 aromatic heterocycles. The lowest BCUT2D eigenvalue weighted by molar-refractivity contribution is 0.142. The maximum atomic E-state index is 5.77. The number of hydrogen-bond acceptors (Lipinski definition) is 3. The van der Waals surface area contributed by atoms with Gasteiger partial charge in [-0.1, -0.05) is 18.7 Å². The fraction of sp³-hybridized carbons (Fsp3) is 0.429. The van der Waals surface area contributed by atoms with E-state index in [1.165, 1.54) is 5.56 Å². The fourth-order valence-electron chi connectivity index (χ4n) is 1.83. The second-order valence-electron chi connectivity index (χ2n) is 4.61. The molecule has 0 aliphatic carbocycles. The Bertz CT molecular complexity index is 382. The minimum atomic E-state index is 0.284. The van der Waals surface area contributed by atoms with Gasteiger partial charge < -0.3 is 15.4 Å². The predicted octanol–water partition coefficient (Wildman–Crippen LogP) is 2.22. The Morgan fingerprint density at radius 1 is 1.41 bits per heavy atom. The van der Waals surface area contributed by atoms with Gasteiger partial charge in [0.1, 0.15) is 11.9 Å². The van der Waals surface area contributed by atoms with Gasteiger partial charge in [-0.25, -0.2) is 0 Å². The first-order valence-electron chi connectivity index (χ1n) is 6.04. The van der Waals surface area contributed by atoms with Gasteiger partial charge in [-0.05, 0) is 31.5 Å². The number of rotatable bonds is 5. The van der Waals surface area contributed by atoms with Gasteiger partial charge in [0.05, 0.1) is 0 Å². The summed E-state index contributed by atoms with van der Waals surface area (Å²) in [5.41, 5.74) is 2.23. The molecule has 1 aliphatic heterocycles. The molecule has 92 valence electrons. The maximum absolute atomic E-state index is 5.77. The van der Waals surface area contributed by atoms with Crippen LogP contribution in [-0.4, -0.2) is 19.2 Å². The van der Waals surface area contributed by atoms with Gasteiger partial charge >= 0.3 is 0 Å². The molecule has 1 saturated heterocycles. The molecule has 1 aromatic carbocycles. The SMILES string of the molecule is C=C(C)NC(C)c1ccc(OC2CNC2)cc1. The molecule has 17 heavy (non-hydrogen) atoms. The molecule has 1 fully saturated rings. The maximum Gasteiger partial charge on any atom is 0.123 e. The minimum absolute atomic E-state index is 0.284. The molecule has 1 unspecified atom stereocenters. The molecule has 1 aromatic rings. The van der Waals surface area contributed by atoms with E-state index in [-0.39, 0.29) is 6.04 Å². The van der Waals surface area contributed by atoms with E-state index in [1.54, 1.807) is 0 Å². The van der Waals surface area contributed by atoms with Crippen LogP contribution in [0, 0.1) is 0 Å². The number of allylic oxidation sites excluding steroid dienone is 1. The van der Waals surface area contributed by atoms with Gasteiger partial charge in [0.25, 0.3) is 0 Å². The van der Waals surface area contributed by atoms with Crippen molar-refractivity contribution in [3.63, 3.8) is 0 Å². The van der Waals surface area contributed by atoms with Crippen LogP contribution in [-0.2, 0) is 0 Å². The van der Waals surface area contributed by atoms with Crippen LogP contribution in [0.4, 0.5) is 0 Å². The van der Waals surface area contributed by atoms with Crippen molar-refractivity contribution in [2.45, 2.75) is 26.0 Å². The van der Waals surface area contributed by atoms with Gasteiger partial charge in [0.2, 0.25) is 0 Å². The molecular weight excluding hydrogens is 212 g/mol. The molecule has 3 nitrogen and oxygen atoms in total. The molecule has 0 bridgehead atoms. The van der Waals surface area contributed by atoms with Crippen molar-refractivity contribution in [3.8, 4) is 5.75 Å². The van der Waals surface area contributed by atoms with Gasteiger partial charge in [-0.15, -0.1) is 0 Å². The van der Waals surface area contributed by atoms with Crippen molar-refractivity contribution in [3.05, 3.63) is 42.1 Å². The van der Waals surface area contributed by atoms with Crippen LogP contribution >= 0.6 is 0 Å². The number of hydrogen-bond donors (Lipinski definition) is 2. The first-order valence-corrected chi connectivity index (χ1v) is 6.04. The molecule has 1 atom stereocenters. The fourth-order valence-corrected chi connectivity index (χ4v) is 1.83. The molecular formula is C14H20N2O. The van der Waals surface area contributed by atoms with Crippen LogP contribution in [0.2, 0.25) is 0 Å². The van der Waals surface area contributed by atoms with Crippen LogP contribution in [0.1, 0.15) is 25.5 Å². The first kappa shape index (κ1) is 12.0. The van der Waals surface area contributed by atoms with E-state index < -0.39 is 0 Å². The smallest absolute Gasteiger partial charge is 0.123 e. The summed E-state index contributed by atoms with van der Waals surface area (Å²) in [6.07, 6.45) is 0.340. The summed E-state index contributed by atoms with van der Waals surface area (Å²) in [6, 6.07) is 8.55. The zero-order chi connectivity index (χ0) is 12.3.